The van der Waals surface area contributed by atoms with Crippen LogP contribution in [0.2, 0.25) is 0 Å². The van der Waals surface area contributed by atoms with Crippen LogP contribution in [0.15, 0.2) is 47.4 Å². The summed E-state index contributed by atoms with van der Waals surface area (Å²) < 4.78 is 14.4. The molecule has 5 nitrogen and oxygen atoms in total. The fraction of sp³-hybridized carbons (Fsp3) is 0.333. The van der Waals surface area contributed by atoms with E-state index in [-0.39, 0.29) is 17.3 Å². The lowest BCUT2D eigenvalue weighted by Crippen LogP contribution is -2.35. The third kappa shape index (κ3) is 4.52. The number of nitrogens with zero attached hydrogens (tertiary/aromatic N) is 2. The van der Waals surface area contributed by atoms with E-state index < -0.39 is 0 Å². The van der Waals surface area contributed by atoms with Gasteiger partial charge in [-0.05, 0) is 43.4 Å². The average Bonchev–Trinajstić information content (AvgIpc) is 2.60. The predicted octanol–water partition coefficient (Wildman–Crippen LogP) is 2.05. The minimum Gasteiger partial charge on any atom is -0.351 e. The predicted molar refractivity (Wildman–Crippen MR) is 92.1 cm³/mol. The number of nitrogens with one attached hydrogen (secondary N) is 1. The Balaban J connectivity index is 2.11. The standard InChI is InChI=1S/C18H22FN3O2/c1-3-21(4-2)12-11-20-18(24)14-5-10-17(23)22(13-14)16-8-6-15(19)7-9-16/h5-10,13H,3-4,11-12H2,1-2H3,(H,20,24). The molecule has 1 aromatic carbocycles. The SMILES string of the molecule is CCN(CC)CCNC(=O)c1ccc(=O)n(-c2ccc(F)cc2)c1. The Hall–Kier alpha value is -2.47. The molecule has 2 aromatic rings. The van der Waals surface area contributed by atoms with Crippen LogP contribution in [-0.4, -0.2) is 41.6 Å². The Labute approximate surface area is 140 Å². The second kappa shape index (κ2) is 8.40. The van der Waals surface area contributed by atoms with Crippen LogP contribution in [0.3, 0.4) is 0 Å². The first-order valence-electron chi connectivity index (χ1n) is 8.04. The van der Waals surface area contributed by atoms with E-state index in [4.69, 9.17) is 0 Å². The average molecular weight is 331 g/mol. The van der Waals surface area contributed by atoms with Crippen LogP contribution >= 0.6 is 0 Å². The lowest BCUT2D eigenvalue weighted by Gasteiger charge is -2.18. The number of pyridine rings is 1. The number of carbonyl (C=O) groups is 1. The Morgan fingerprint density at radius 3 is 2.42 bits per heavy atom. The summed E-state index contributed by atoms with van der Waals surface area (Å²) in [4.78, 5) is 26.4. The number of hydrogen-bond donors (Lipinski definition) is 1. The minimum absolute atomic E-state index is 0.238. The van der Waals surface area contributed by atoms with Gasteiger partial charge in [0.1, 0.15) is 5.82 Å². The summed E-state index contributed by atoms with van der Waals surface area (Å²) in [6.07, 6.45) is 1.47. The normalized spacial score (nSPS) is 10.8. The summed E-state index contributed by atoms with van der Waals surface area (Å²) in [5.41, 5.74) is 0.624. The van der Waals surface area contributed by atoms with E-state index >= 15 is 0 Å². The van der Waals surface area contributed by atoms with Crippen molar-refractivity contribution in [2.75, 3.05) is 26.2 Å². The molecule has 0 atom stereocenters. The highest BCUT2D eigenvalue weighted by Crippen LogP contribution is 2.08. The van der Waals surface area contributed by atoms with Crippen LogP contribution in [-0.2, 0) is 0 Å². The molecule has 1 aromatic heterocycles. The van der Waals surface area contributed by atoms with Gasteiger partial charge in [0, 0.05) is 31.0 Å². The van der Waals surface area contributed by atoms with Gasteiger partial charge in [0.2, 0.25) is 0 Å². The Kier molecular flexibility index (Phi) is 6.26. The molecule has 6 heteroatoms. The number of halogens is 1. The number of rotatable bonds is 7. The topological polar surface area (TPSA) is 54.3 Å². The van der Waals surface area contributed by atoms with E-state index in [0.29, 0.717) is 17.8 Å². The highest BCUT2D eigenvalue weighted by atomic mass is 19.1. The van der Waals surface area contributed by atoms with Gasteiger partial charge in [0.05, 0.1) is 5.56 Å². The van der Waals surface area contributed by atoms with Crippen molar-refractivity contribution in [2.24, 2.45) is 0 Å². The van der Waals surface area contributed by atoms with Crippen molar-refractivity contribution in [3.63, 3.8) is 0 Å². The molecule has 0 saturated carbocycles. The van der Waals surface area contributed by atoms with Crippen LogP contribution < -0.4 is 10.9 Å². The maximum absolute atomic E-state index is 13.0. The summed E-state index contributed by atoms with van der Waals surface area (Å²) in [6.45, 7) is 7.32. The van der Waals surface area contributed by atoms with Crippen LogP contribution in [0.5, 0.6) is 0 Å². The van der Waals surface area contributed by atoms with Crippen molar-refractivity contribution in [3.8, 4) is 5.69 Å². The van der Waals surface area contributed by atoms with Gasteiger partial charge in [0.15, 0.2) is 0 Å². The first kappa shape index (κ1) is 17.9. The second-order valence-corrected chi connectivity index (χ2v) is 5.39. The molecule has 0 unspecified atom stereocenters. The molecule has 0 radical (unpaired) electrons. The van der Waals surface area contributed by atoms with Crippen molar-refractivity contribution < 1.29 is 9.18 Å². The third-order valence-corrected chi connectivity index (χ3v) is 3.89. The van der Waals surface area contributed by atoms with Crippen LogP contribution in [0.1, 0.15) is 24.2 Å². The number of hydrogen-bond acceptors (Lipinski definition) is 3. The number of amides is 1. The van der Waals surface area contributed by atoms with Crippen molar-refractivity contribution in [1.82, 2.24) is 14.8 Å². The first-order chi connectivity index (χ1) is 11.5. The second-order valence-electron chi connectivity index (χ2n) is 5.39. The summed E-state index contributed by atoms with van der Waals surface area (Å²) in [7, 11) is 0. The highest BCUT2D eigenvalue weighted by molar-refractivity contribution is 5.93. The van der Waals surface area contributed by atoms with Gasteiger partial charge in [-0.3, -0.25) is 14.2 Å². The van der Waals surface area contributed by atoms with E-state index in [1.807, 2.05) is 0 Å². The number of likely N-dealkylation sites (N-methyl/N-ethyl adjacent to an activating group) is 1. The molecule has 0 fully saturated rings. The fourth-order valence-corrected chi connectivity index (χ4v) is 2.39. The van der Waals surface area contributed by atoms with E-state index in [1.165, 1.54) is 47.2 Å². The molecule has 128 valence electrons. The molecule has 0 spiro atoms. The molecular weight excluding hydrogens is 309 g/mol. The zero-order chi connectivity index (χ0) is 17.5. The fourth-order valence-electron chi connectivity index (χ4n) is 2.39. The van der Waals surface area contributed by atoms with Gasteiger partial charge in [-0.15, -0.1) is 0 Å². The van der Waals surface area contributed by atoms with E-state index in [2.05, 4.69) is 24.1 Å². The highest BCUT2D eigenvalue weighted by Gasteiger charge is 2.09. The van der Waals surface area contributed by atoms with Crippen LogP contribution in [0.4, 0.5) is 4.39 Å². The molecule has 0 aliphatic heterocycles. The van der Waals surface area contributed by atoms with Crippen molar-refractivity contribution >= 4 is 5.91 Å². The molecule has 0 aliphatic carbocycles. The molecule has 1 amide bonds. The smallest absolute Gasteiger partial charge is 0.255 e. The quantitative estimate of drug-likeness (QED) is 0.845. The lowest BCUT2D eigenvalue weighted by atomic mass is 10.2. The lowest BCUT2D eigenvalue weighted by molar-refractivity contribution is 0.0948. The molecular formula is C18H22FN3O2. The van der Waals surface area contributed by atoms with Gasteiger partial charge in [-0.2, -0.15) is 0 Å². The maximum Gasteiger partial charge on any atom is 0.255 e. The largest absolute Gasteiger partial charge is 0.351 e. The van der Waals surface area contributed by atoms with Gasteiger partial charge < -0.3 is 10.2 Å². The zero-order valence-corrected chi connectivity index (χ0v) is 14.0. The van der Waals surface area contributed by atoms with Crippen LogP contribution in [0.25, 0.3) is 5.69 Å². The van der Waals surface area contributed by atoms with Crippen LogP contribution in [0, 0.1) is 5.82 Å². The van der Waals surface area contributed by atoms with Gasteiger partial charge in [-0.1, -0.05) is 13.8 Å². The minimum atomic E-state index is -0.378. The monoisotopic (exact) mass is 331 g/mol. The Bertz CT molecular complexity index is 737. The van der Waals surface area contributed by atoms with E-state index in [0.717, 1.165) is 19.6 Å². The van der Waals surface area contributed by atoms with E-state index in [1.54, 1.807) is 0 Å². The van der Waals surface area contributed by atoms with Crippen molar-refractivity contribution in [2.45, 2.75) is 13.8 Å². The Morgan fingerprint density at radius 1 is 1.12 bits per heavy atom. The maximum atomic E-state index is 13.0. The Morgan fingerprint density at radius 2 is 1.79 bits per heavy atom. The summed E-state index contributed by atoms with van der Waals surface area (Å²) in [5.74, 6) is -0.616. The summed E-state index contributed by atoms with van der Waals surface area (Å²) in [5, 5.41) is 2.85. The summed E-state index contributed by atoms with van der Waals surface area (Å²) >= 11 is 0. The van der Waals surface area contributed by atoms with Gasteiger partial charge >= 0.3 is 0 Å². The molecule has 1 N–H and O–H groups in total. The van der Waals surface area contributed by atoms with Gasteiger partial charge in [-0.25, -0.2) is 4.39 Å². The molecule has 0 saturated heterocycles. The number of aromatic nitrogens is 1. The van der Waals surface area contributed by atoms with E-state index in [9.17, 15) is 14.0 Å². The van der Waals surface area contributed by atoms with Gasteiger partial charge in [0.25, 0.3) is 11.5 Å². The number of carbonyl (C=O) groups excluding carboxylic acids is 1. The van der Waals surface area contributed by atoms with Crippen molar-refractivity contribution in [1.29, 1.82) is 0 Å². The molecule has 2 rings (SSSR count). The molecule has 24 heavy (non-hydrogen) atoms. The molecule has 0 aliphatic rings. The first-order valence-corrected chi connectivity index (χ1v) is 8.04. The molecule has 1 heterocycles. The van der Waals surface area contributed by atoms with Crippen molar-refractivity contribution in [3.05, 3.63) is 64.3 Å². The summed E-state index contributed by atoms with van der Waals surface area (Å²) in [6, 6.07) is 8.38. The number of benzene rings is 1. The zero-order valence-electron chi connectivity index (χ0n) is 14.0. The molecule has 0 bridgehead atoms. The third-order valence-electron chi connectivity index (χ3n) is 3.89.